The molecule has 1 N–H and O–H groups in total. The van der Waals surface area contributed by atoms with Crippen LogP contribution in [-0.4, -0.2) is 19.0 Å². The zero-order valence-corrected chi connectivity index (χ0v) is 18.7. The number of aryl methyl sites for hydroxylation is 2. The molecular weight excluding hydrogens is 416 g/mol. The number of methoxy groups -OCH3 is 1. The van der Waals surface area contributed by atoms with Gasteiger partial charge in [-0.1, -0.05) is 48.0 Å². The molecule has 0 bridgehead atoms. The number of hydrogen-bond acceptors (Lipinski definition) is 5. The molecule has 0 saturated heterocycles. The number of anilines is 1. The monoisotopic (exact) mass is 440 g/mol. The smallest absolute Gasteiger partial charge is 0.337 e. The molecule has 0 spiro atoms. The van der Waals surface area contributed by atoms with Gasteiger partial charge in [0.05, 0.1) is 12.7 Å². The maximum atomic E-state index is 12.7. The molecule has 33 heavy (non-hydrogen) atoms. The summed E-state index contributed by atoms with van der Waals surface area (Å²) in [6.07, 6.45) is 1.51. The molecule has 0 aliphatic rings. The molecule has 0 aliphatic heterocycles. The van der Waals surface area contributed by atoms with Gasteiger partial charge in [0, 0.05) is 11.3 Å². The van der Waals surface area contributed by atoms with E-state index in [1.54, 1.807) is 42.5 Å². The second-order valence-corrected chi connectivity index (χ2v) is 7.46. The number of carbonyl (C=O) groups excluding carboxylic acids is 2. The standard InChI is InChI=1S/C27H24N2O4/c1-18-8-13-24(19(2)14-18)29-26(30)23(16-28)15-22-6-4-5-7-25(22)33-17-20-9-11-21(12-10-20)27(31)32-3/h4-15H,17H2,1-3H3,(H,29,30). The highest BCUT2D eigenvalue weighted by atomic mass is 16.5. The fourth-order valence-electron chi connectivity index (χ4n) is 3.19. The summed E-state index contributed by atoms with van der Waals surface area (Å²) in [6.45, 7) is 4.13. The van der Waals surface area contributed by atoms with E-state index < -0.39 is 11.9 Å². The van der Waals surface area contributed by atoms with E-state index in [2.05, 4.69) is 5.32 Å². The van der Waals surface area contributed by atoms with Crippen LogP contribution in [0.15, 0.2) is 72.3 Å². The molecule has 0 aliphatic carbocycles. The van der Waals surface area contributed by atoms with Crippen LogP contribution in [0.3, 0.4) is 0 Å². The Bertz CT molecular complexity index is 1240. The lowest BCUT2D eigenvalue weighted by atomic mass is 10.1. The van der Waals surface area contributed by atoms with Gasteiger partial charge >= 0.3 is 5.97 Å². The number of benzene rings is 3. The summed E-state index contributed by atoms with van der Waals surface area (Å²) in [4.78, 5) is 24.3. The summed E-state index contributed by atoms with van der Waals surface area (Å²) in [5.41, 5.74) is 4.55. The third kappa shape index (κ3) is 6.08. The van der Waals surface area contributed by atoms with Crippen LogP contribution >= 0.6 is 0 Å². The Hall–Kier alpha value is -4.37. The number of amides is 1. The lowest BCUT2D eigenvalue weighted by Gasteiger charge is -2.11. The largest absolute Gasteiger partial charge is 0.488 e. The first-order valence-corrected chi connectivity index (χ1v) is 10.3. The van der Waals surface area contributed by atoms with Crippen LogP contribution in [-0.2, 0) is 16.1 Å². The first-order valence-electron chi connectivity index (χ1n) is 10.3. The summed E-state index contributed by atoms with van der Waals surface area (Å²) in [7, 11) is 1.33. The zero-order valence-electron chi connectivity index (χ0n) is 18.7. The predicted molar refractivity (Wildman–Crippen MR) is 127 cm³/mol. The fraction of sp³-hybridized carbons (Fsp3) is 0.148. The van der Waals surface area contributed by atoms with E-state index in [9.17, 15) is 14.9 Å². The lowest BCUT2D eigenvalue weighted by molar-refractivity contribution is -0.112. The lowest BCUT2D eigenvalue weighted by Crippen LogP contribution is -2.14. The summed E-state index contributed by atoms with van der Waals surface area (Å²) in [5, 5.41) is 12.4. The number of rotatable bonds is 7. The van der Waals surface area contributed by atoms with E-state index in [0.29, 0.717) is 22.6 Å². The van der Waals surface area contributed by atoms with E-state index in [-0.39, 0.29) is 12.2 Å². The van der Waals surface area contributed by atoms with Crippen LogP contribution in [0.4, 0.5) is 5.69 Å². The Kier molecular flexibility index (Phi) is 7.61. The van der Waals surface area contributed by atoms with Crippen LogP contribution in [0.1, 0.15) is 32.6 Å². The number of nitrogens with zero attached hydrogens (tertiary/aromatic N) is 1. The first kappa shape index (κ1) is 23.3. The predicted octanol–water partition coefficient (Wildman–Crippen LogP) is 5.21. The SMILES string of the molecule is COC(=O)c1ccc(COc2ccccc2C=C(C#N)C(=O)Nc2ccc(C)cc2C)cc1. The van der Waals surface area contributed by atoms with Crippen molar-refractivity contribution >= 4 is 23.6 Å². The van der Waals surface area contributed by atoms with Gasteiger partial charge in [-0.05, 0) is 55.3 Å². The summed E-state index contributed by atoms with van der Waals surface area (Å²) < 4.78 is 10.6. The molecule has 0 saturated carbocycles. The van der Waals surface area contributed by atoms with Crippen LogP contribution in [0.25, 0.3) is 6.08 Å². The van der Waals surface area contributed by atoms with Gasteiger partial charge in [0.15, 0.2) is 0 Å². The normalized spacial score (nSPS) is 10.8. The van der Waals surface area contributed by atoms with Crippen molar-refractivity contribution in [1.82, 2.24) is 0 Å². The molecule has 166 valence electrons. The van der Waals surface area contributed by atoms with Crippen molar-refractivity contribution in [3.8, 4) is 11.8 Å². The Labute approximate surface area is 193 Å². The molecule has 3 aromatic rings. The van der Waals surface area contributed by atoms with Crippen molar-refractivity contribution in [1.29, 1.82) is 5.26 Å². The van der Waals surface area contributed by atoms with Crippen molar-refractivity contribution in [3.63, 3.8) is 0 Å². The molecule has 3 aromatic carbocycles. The zero-order chi connectivity index (χ0) is 23.8. The molecule has 0 atom stereocenters. The van der Waals surface area contributed by atoms with Gasteiger partial charge in [0.25, 0.3) is 5.91 Å². The van der Waals surface area contributed by atoms with Crippen molar-refractivity contribution in [2.75, 3.05) is 12.4 Å². The number of carbonyl (C=O) groups is 2. The highest BCUT2D eigenvalue weighted by Crippen LogP contribution is 2.23. The molecule has 0 radical (unpaired) electrons. The van der Waals surface area contributed by atoms with Crippen LogP contribution in [0.5, 0.6) is 5.75 Å². The number of nitriles is 1. The molecule has 0 unspecified atom stereocenters. The Balaban J connectivity index is 1.75. The van der Waals surface area contributed by atoms with Gasteiger partial charge < -0.3 is 14.8 Å². The number of ether oxygens (including phenoxy) is 2. The molecule has 6 nitrogen and oxygen atoms in total. The average Bonchev–Trinajstić information content (AvgIpc) is 2.83. The number of esters is 1. The third-order valence-corrected chi connectivity index (χ3v) is 4.98. The van der Waals surface area contributed by atoms with Gasteiger partial charge in [0.2, 0.25) is 0 Å². The number of nitrogens with one attached hydrogen (secondary N) is 1. The highest BCUT2D eigenvalue weighted by Gasteiger charge is 2.13. The minimum Gasteiger partial charge on any atom is -0.488 e. The van der Waals surface area contributed by atoms with Crippen molar-refractivity contribution in [3.05, 3.63) is 100 Å². The second kappa shape index (κ2) is 10.8. The Morgan fingerprint density at radius 1 is 1.03 bits per heavy atom. The Morgan fingerprint density at radius 3 is 2.42 bits per heavy atom. The van der Waals surface area contributed by atoms with E-state index in [0.717, 1.165) is 16.7 Å². The van der Waals surface area contributed by atoms with Gasteiger partial charge in [0.1, 0.15) is 24.0 Å². The summed E-state index contributed by atoms with van der Waals surface area (Å²) in [6, 6.07) is 21.7. The minimum absolute atomic E-state index is 0.0338. The Morgan fingerprint density at radius 2 is 1.76 bits per heavy atom. The van der Waals surface area contributed by atoms with Crippen LogP contribution in [0.2, 0.25) is 0 Å². The minimum atomic E-state index is -0.488. The second-order valence-electron chi connectivity index (χ2n) is 7.46. The number of para-hydroxylation sites is 1. The van der Waals surface area contributed by atoms with Crippen molar-refractivity contribution in [2.24, 2.45) is 0 Å². The average molecular weight is 440 g/mol. The van der Waals surface area contributed by atoms with Crippen LogP contribution < -0.4 is 10.1 Å². The third-order valence-electron chi connectivity index (χ3n) is 4.98. The van der Waals surface area contributed by atoms with Gasteiger partial charge in [-0.15, -0.1) is 0 Å². The highest BCUT2D eigenvalue weighted by molar-refractivity contribution is 6.10. The molecule has 0 heterocycles. The van der Waals surface area contributed by atoms with Crippen LogP contribution in [0, 0.1) is 25.2 Å². The van der Waals surface area contributed by atoms with Gasteiger partial charge in [-0.25, -0.2) is 4.79 Å². The van der Waals surface area contributed by atoms with E-state index in [1.807, 2.05) is 44.2 Å². The molecular formula is C27H24N2O4. The van der Waals surface area contributed by atoms with Gasteiger partial charge in [-0.3, -0.25) is 4.79 Å². The van der Waals surface area contributed by atoms with E-state index >= 15 is 0 Å². The topological polar surface area (TPSA) is 88.4 Å². The maximum Gasteiger partial charge on any atom is 0.337 e. The first-order chi connectivity index (χ1) is 15.9. The summed E-state index contributed by atoms with van der Waals surface area (Å²) >= 11 is 0. The fourth-order valence-corrected chi connectivity index (χ4v) is 3.19. The molecule has 1 amide bonds. The number of hydrogen-bond donors (Lipinski definition) is 1. The van der Waals surface area contributed by atoms with Gasteiger partial charge in [-0.2, -0.15) is 5.26 Å². The molecule has 3 rings (SSSR count). The quantitative estimate of drug-likeness (QED) is 0.309. The molecule has 6 heteroatoms. The summed E-state index contributed by atoms with van der Waals surface area (Å²) in [5.74, 6) is -0.361. The maximum absolute atomic E-state index is 12.7. The van der Waals surface area contributed by atoms with Crippen molar-refractivity contribution in [2.45, 2.75) is 20.5 Å². The molecule has 0 aromatic heterocycles. The molecule has 0 fully saturated rings. The van der Waals surface area contributed by atoms with E-state index in [4.69, 9.17) is 9.47 Å². The van der Waals surface area contributed by atoms with E-state index in [1.165, 1.54) is 13.2 Å². The van der Waals surface area contributed by atoms with Crippen molar-refractivity contribution < 1.29 is 19.1 Å².